The summed E-state index contributed by atoms with van der Waals surface area (Å²) >= 11 is 0. The summed E-state index contributed by atoms with van der Waals surface area (Å²) in [6.45, 7) is 10.6. The van der Waals surface area contributed by atoms with Crippen LogP contribution in [0.5, 0.6) is 0 Å². The molecule has 0 radical (unpaired) electrons. The molecule has 1 heterocycles. The normalized spacial score (nSPS) is 12.2. The highest BCUT2D eigenvalue weighted by atomic mass is 14.8. The number of hydrogen-bond acceptors (Lipinski definition) is 2. The van der Waals surface area contributed by atoms with Crippen LogP contribution in [0.25, 0.3) is 6.08 Å². The number of aryl methyl sites for hydroxylation is 1. The van der Waals surface area contributed by atoms with Gasteiger partial charge in [0.05, 0.1) is 5.69 Å². The third kappa shape index (κ3) is 4.15. The lowest BCUT2D eigenvalue weighted by molar-refractivity contribution is 0.682. The van der Waals surface area contributed by atoms with E-state index in [0.29, 0.717) is 5.92 Å². The molecule has 0 bridgehead atoms. The molecular formula is C14H22N2. The molecule has 88 valence electrons. The lowest BCUT2D eigenvalue weighted by Gasteiger charge is -2.11. The molecule has 0 aromatic carbocycles. The maximum Gasteiger partial charge on any atom is 0.0629 e. The van der Waals surface area contributed by atoms with Crippen molar-refractivity contribution in [3.05, 3.63) is 35.2 Å². The van der Waals surface area contributed by atoms with Gasteiger partial charge in [-0.2, -0.15) is 0 Å². The van der Waals surface area contributed by atoms with Crippen LogP contribution in [0, 0.1) is 12.8 Å². The first kappa shape index (κ1) is 12.9. The van der Waals surface area contributed by atoms with Crippen molar-refractivity contribution in [1.82, 2.24) is 10.3 Å². The van der Waals surface area contributed by atoms with Crippen molar-refractivity contribution in [3.8, 4) is 0 Å². The Morgan fingerprint density at radius 2 is 2.19 bits per heavy atom. The van der Waals surface area contributed by atoms with E-state index < -0.39 is 0 Å². The number of aromatic nitrogens is 1. The smallest absolute Gasteiger partial charge is 0.0629 e. The third-order valence-corrected chi connectivity index (χ3v) is 2.59. The zero-order valence-electron chi connectivity index (χ0n) is 10.7. The van der Waals surface area contributed by atoms with Crippen molar-refractivity contribution in [2.45, 2.75) is 27.7 Å². The average Bonchev–Trinajstić information content (AvgIpc) is 2.26. The minimum atomic E-state index is 0.558. The van der Waals surface area contributed by atoms with Crippen LogP contribution in [0.3, 0.4) is 0 Å². The molecule has 0 unspecified atom stereocenters. The highest BCUT2D eigenvalue weighted by molar-refractivity contribution is 5.50. The van der Waals surface area contributed by atoms with Gasteiger partial charge in [0, 0.05) is 12.7 Å². The number of nitrogens with zero attached hydrogens (tertiary/aromatic N) is 1. The molecule has 0 saturated heterocycles. The molecule has 0 aliphatic carbocycles. The van der Waals surface area contributed by atoms with Gasteiger partial charge >= 0.3 is 0 Å². The van der Waals surface area contributed by atoms with Crippen molar-refractivity contribution in [2.75, 3.05) is 13.1 Å². The lowest BCUT2D eigenvalue weighted by Crippen LogP contribution is -2.18. The quantitative estimate of drug-likeness (QED) is 0.821. The van der Waals surface area contributed by atoms with E-state index in [2.05, 4.69) is 56.2 Å². The summed E-state index contributed by atoms with van der Waals surface area (Å²) in [5.74, 6) is 0.558. The molecule has 1 aromatic rings. The molecule has 2 heteroatoms. The number of pyridine rings is 1. The largest absolute Gasteiger partial charge is 0.313 e. The predicted octanol–water partition coefficient (Wildman–Crippen LogP) is 3.04. The Kier molecular flexibility index (Phi) is 5.20. The monoisotopic (exact) mass is 218 g/mol. The molecule has 0 amide bonds. The second-order valence-corrected chi connectivity index (χ2v) is 4.41. The first-order valence-electron chi connectivity index (χ1n) is 5.97. The van der Waals surface area contributed by atoms with Gasteiger partial charge in [0.25, 0.3) is 0 Å². The molecule has 0 saturated carbocycles. The molecule has 0 aliphatic rings. The molecule has 0 fully saturated rings. The van der Waals surface area contributed by atoms with Crippen LogP contribution in [0.2, 0.25) is 0 Å². The maximum absolute atomic E-state index is 4.40. The highest BCUT2D eigenvalue weighted by Gasteiger charge is 2.03. The zero-order valence-corrected chi connectivity index (χ0v) is 10.7. The van der Waals surface area contributed by atoms with E-state index in [1.54, 1.807) is 0 Å². The van der Waals surface area contributed by atoms with Gasteiger partial charge in [-0.15, -0.1) is 0 Å². The van der Waals surface area contributed by atoms with Gasteiger partial charge in [-0.1, -0.05) is 32.4 Å². The van der Waals surface area contributed by atoms with E-state index in [0.717, 1.165) is 18.8 Å². The van der Waals surface area contributed by atoms with E-state index in [1.807, 2.05) is 6.20 Å². The molecule has 1 aromatic heterocycles. The number of rotatable bonds is 5. The van der Waals surface area contributed by atoms with Crippen molar-refractivity contribution < 1.29 is 0 Å². The summed E-state index contributed by atoms with van der Waals surface area (Å²) < 4.78 is 0. The number of nitrogens with one attached hydrogen (secondary N) is 1. The summed E-state index contributed by atoms with van der Waals surface area (Å²) in [6.07, 6.45) is 4.10. The molecule has 1 rings (SSSR count). The van der Waals surface area contributed by atoms with Crippen molar-refractivity contribution >= 4 is 6.08 Å². The Bertz CT molecular complexity index is 336. The van der Waals surface area contributed by atoms with Crippen molar-refractivity contribution in [2.24, 2.45) is 5.92 Å². The lowest BCUT2D eigenvalue weighted by atomic mass is 10.0. The standard InChI is InChI=1S/C14H22N2/c1-5-15-10-13(11(2)3)8-14-7-6-12(4)9-16-14/h6-9,11,15H,5,10H2,1-4H3/b13-8-. The van der Waals surface area contributed by atoms with Crippen LogP contribution in [0.15, 0.2) is 23.9 Å². The molecular weight excluding hydrogens is 196 g/mol. The van der Waals surface area contributed by atoms with Gasteiger partial charge in [0.15, 0.2) is 0 Å². The van der Waals surface area contributed by atoms with Gasteiger partial charge in [-0.25, -0.2) is 0 Å². The maximum atomic E-state index is 4.40. The molecule has 0 atom stereocenters. The van der Waals surface area contributed by atoms with E-state index in [4.69, 9.17) is 0 Å². The average molecular weight is 218 g/mol. The minimum Gasteiger partial charge on any atom is -0.313 e. The first-order valence-corrected chi connectivity index (χ1v) is 5.97. The van der Waals surface area contributed by atoms with Crippen LogP contribution in [-0.2, 0) is 0 Å². The van der Waals surface area contributed by atoms with Crippen LogP contribution in [0.4, 0.5) is 0 Å². The van der Waals surface area contributed by atoms with Crippen molar-refractivity contribution in [3.63, 3.8) is 0 Å². The SMILES string of the molecule is CCNC/C(=C/c1ccc(C)cn1)C(C)C. The Hall–Kier alpha value is -1.15. The molecule has 16 heavy (non-hydrogen) atoms. The van der Waals surface area contributed by atoms with Gasteiger partial charge in [-0.05, 0) is 37.1 Å². The fourth-order valence-corrected chi connectivity index (χ4v) is 1.45. The van der Waals surface area contributed by atoms with Crippen LogP contribution in [0.1, 0.15) is 32.0 Å². The number of hydrogen-bond donors (Lipinski definition) is 1. The first-order chi connectivity index (χ1) is 7.63. The van der Waals surface area contributed by atoms with Gasteiger partial charge in [0.2, 0.25) is 0 Å². The second-order valence-electron chi connectivity index (χ2n) is 4.41. The van der Waals surface area contributed by atoms with Gasteiger partial charge < -0.3 is 5.32 Å². The van der Waals surface area contributed by atoms with Crippen LogP contribution < -0.4 is 5.32 Å². The summed E-state index contributed by atoms with van der Waals surface area (Å²) in [6, 6.07) is 4.17. The van der Waals surface area contributed by atoms with Gasteiger partial charge in [0.1, 0.15) is 0 Å². The Morgan fingerprint density at radius 3 is 2.69 bits per heavy atom. The fraction of sp³-hybridized carbons (Fsp3) is 0.500. The predicted molar refractivity (Wildman–Crippen MR) is 70.3 cm³/mol. The Labute approximate surface area is 98.8 Å². The van der Waals surface area contributed by atoms with Crippen molar-refractivity contribution in [1.29, 1.82) is 0 Å². The van der Waals surface area contributed by atoms with Gasteiger partial charge in [-0.3, -0.25) is 4.98 Å². The second kappa shape index (κ2) is 6.44. The summed E-state index contributed by atoms with van der Waals surface area (Å²) in [5.41, 5.74) is 3.65. The van der Waals surface area contributed by atoms with E-state index in [9.17, 15) is 0 Å². The Balaban J connectivity index is 2.80. The number of likely N-dealkylation sites (N-methyl/N-ethyl adjacent to an activating group) is 1. The van der Waals surface area contributed by atoms with Crippen LogP contribution >= 0.6 is 0 Å². The summed E-state index contributed by atoms with van der Waals surface area (Å²) in [4.78, 5) is 4.40. The molecule has 2 nitrogen and oxygen atoms in total. The highest BCUT2D eigenvalue weighted by Crippen LogP contribution is 2.13. The zero-order chi connectivity index (χ0) is 12.0. The summed E-state index contributed by atoms with van der Waals surface area (Å²) in [7, 11) is 0. The van der Waals surface area contributed by atoms with E-state index in [-0.39, 0.29) is 0 Å². The molecule has 1 N–H and O–H groups in total. The van der Waals surface area contributed by atoms with E-state index >= 15 is 0 Å². The van der Waals surface area contributed by atoms with Crippen LogP contribution in [-0.4, -0.2) is 18.1 Å². The summed E-state index contributed by atoms with van der Waals surface area (Å²) in [5, 5.41) is 3.37. The molecule has 0 spiro atoms. The fourth-order valence-electron chi connectivity index (χ4n) is 1.45. The molecule has 0 aliphatic heterocycles. The van der Waals surface area contributed by atoms with E-state index in [1.165, 1.54) is 11.1 Å². The topological polar surface area (TPSA) is 24.9 Å². The Morgan fingerprint density at radius 1 is 1.44 bits per heavy atom. The minimum absolute atomic E-state index is 0.558. The third-order valence-electron chi connectivity index (χ3n) is 2.59.